The fourth-order valence-corrected chi connectivity index (χ4v) is 2.22. The molecule has 0 bridgehead atoms. The van der Waals surface area contributed by atoms with Gasteiger partial charge in [0, 0.05) is 0 Å². The first-order valence-corrected chi connectivity index (χ1v) is 7.26. The normalized spacial score (nSPS) is 20.9. The fraction of sp³-hybridized carbons (Fsp3) is 0.467. The smallest absolute Gasteiger partial charge is 0.400 e. The van der Waals surface area contributed by atoms with E-state index in [4.69, 9.17) is 26.6 Å². The van der Waals surface area contributed by atoms with Crippen molar-refractivity contribution in [3.05, 3.63) is 34.3 Å². The van der Waals surface area contributed by atoms with Gasteiger partial charge < -0.3 is 20.1 Å². The Morgan fingerprint density at radius 3 is 2.33 bits per heavy atom. The van der Waals surface area contributed by atoms with E-state index in [2.05, 4.69) is 0 Å². The highest BCUT2D eigenvalue weighted by molar-refractivity contribution is 6.55. The minimum absolute atomic E-state index is 0.154. The Balaban J connectivity index is 2.28. The molecule has 3 N–H and O–H groups in total. The third-order valence-electron chi connectivity index (χ3n) is 4.12. The summed E-state index contributed by atoms with van der Waals surface area (Å²) < 4.78 is 11.9. The molecule has 1 aliphatic heterocycles. The van der Waals surface area contributed by atoms with E-state index in [-0.39, 0.29) is 6.61 Å². The quantitative estimate of drug-likeness (QED) is 0.665. The molecular formula is C15H21BClNO3. The van der Waals surface area contributed by atoms with Gasteiger partial charge in [0.05, 0.1) is 28.5 Å². The average molecular weight is 310 g/mol. The highest BCUT2D eigenvalue weighted by Crippen LogP contribution is 2.38. The molecule has 1 aromatic carbocycles. The second-order valence-corrected chi connectivity index (χ2v) is 6.65. The van der Waals surface area contributed by atoms with Crippen molar-refractivity contribution < 1.29 is 14.4 Å². The van der Waals surface area contributed by atoms with Crippen LogP contribution in [0.2, 0.25) is 5.02 Å². The number of rotatable bonds is 3. The van der Waals surface area contributed by atoms with Crippen molar-refractivity contribution in [3.8, 4) is 0 Å². The molecule has 4 nitrogen and oxygen atoms in total. The summed E-state index contributed by atoms with van der Waals surface area (Å²) in [7, 11) is -0.573. The monoisotopic (exact) mass is 309 g/mol. The van der Waals surface area contributed by atoms with Gasteiger partial charge in [0.25, 0.3) is 0 Å². The van der Waals surface area contributed by atoms with Gasteiger partial charge in [-0.3, -0.25) is 0 Å². The first-order valence-electron chi connectivity index (χ1n) is 6.88. The number of aliphatic hydroxyl groups is 1. The SMILES string of the molecule is CC1(C)OB(C(=Cc2ccc(N)c(Cl)c2)CO)OC1(C)C. The fourth-order valence-electron chi connectivity index (χ4n) is 2.03. The van der Waals surface area contributed by atoms with Gasteiger partial charge in [-0.25, -0.2) is 0 Å². The van der Waals surface area contributed by atoms with Crippen LogP contribution in [0.25, 0.3) is 6.08 Å². The van der Waals surface area contributed by atoms with E-state index in [1.165, 1.54) is 0 Å². The van der Waals surface area contributed by atoms with Crippen LogP contribution in [0.4, 0.5) is 5.69 Å². The standard InChI is InChI=1S/C15H21BClNO3/c1-14(2)15(3,4)21-16(20-14)11(9-19)7-10-5-6-13(18)12(17)8-10/h5-8,19H,9,18H2,1-4H3. The molecule has 0 saturated carbocycles. The first-order chi connectivity index (χ1) is 9.66. The van der Waals surface area contributed by atoms with E-state index in [1.54, 1.807) is 12.1 Å². The predicted molar refractivity (Wildman–Crippen MR) is 87.0 cm³/mol. The molecule has 0 unspecified atom stereocenters. The molecule has 1 aliphatic rings. The second kappa shape index (κ2) is 5.65. The van der Waals surface area contributed by atoms with Crippen LogP contribution in [-0.4, -0.2) is 30.0 Å². The molecule has 0 aliphatic carbocycles. The van der Waals surface area contributed by atoms with Crippen LogP contribution in [0.3, 0.4) is 0 Å². The summed E-state index contributed by atoms with van der Waals surface area (Å²) in [5.41, 5.74) is 6.83. The van der Waals surface area contributed by atoms with Crippen molar-refractivity contribution in [1.29, 1.82) is 0 Å². The summed E-state index contributed by atoms with van der Waals surface area (Å²) in [6.45, 7) is 7.74. The van der Waals surface area contributed by atoms with Crippen molar-refractivity contribution in [2.75, 3.05) is 12.3 Å². The Kier molecular flexibility index (Phi) is 4.40. The van der Waals surface area contributed by atoms with E-state index < -0.39 is 18.3 Å². The summed E-state index contributed by atoms with van der Waals surface area (Å²) >= 11 is 6.01. The number of hydrogen-bond acceptors (Lipinski definition) is 4. The van der Waals surface area contributed by atoms with Gasteiger partial charge in [-0.05, 0) is 50.9 Å². The maximum absolute atomic E-state index is 9.63. The number of halogens is 1. The highest BCUT2D eigenvalue weighted by Gasteiger charge is 2.52. The molecule has 21 heavy (non-hydrogen) atoms. The number of anilines is 1. The van der Waals surface area contributed by atoms with E-state index in [9.17, 15) is 5.11 Å². The van der Waals surface area contributed by atoms with E-state index in [0.717, 1.165) is 5.56 Å². The maximum Gasteiger partial charge on any atom is 0.492 e. The van der Waals surface area contributed by atoms with Crippen LogP contribution in [0, 0.1) is 0 Å². The number of aliphatic hydroxyl groups excluding tert-OH is 1. The van der Waals surface area contributed by atoms with Crippen LogP contribution >= 0.6 is 11.6 Å². The van der Waals surface area contributed by atoms with Gasteiger partial charge in [-0.2, -0.15) is 0 Å². The molecule has 1 fully saturated rings. The minimum Gasteiger partial charge on any atom is -0.400 e. The summed E-state index contributed by atoms with van der Waals surface area (Å²) in [5.74, 6) is 0. The van der Waals surface area contributed by atoms with Crippen molar-refractivity contribution in [1.82, 2.24) is 0 Å². The largest absolute Gasteiger partial charge is 0.492 e. The third kappa shape index (κ3) is 3.26. The zero-order valence-electron chi connectivity index (χ0n) is 12.8. The first kappa shape index (κ1) is 16.4. The Bertz CT molecular complexity index is 556. The molecule has 0 radical (unpaired) electrons. The van der Waals surface area contributed by atoms with Gasteiger partial charge in [0.2, 0.25) is 0 Å². The van der Waals surface area contributed by atoms with Crippen LogP contribution in [0.1, 0.15) is 33.3 Å². The number of nitrogen functional groups attached to an aromatic ring is 1. The molecular weight excluding hydrogens is 288 g/mol. The lowest BCUT2D eigenvalue weighted by Gasteiger charge is -2.32. The number of benzene rings is 1. The third-order valence-corrected chi connectivity index (χ3v) is 4.44. The summed E-state index contributed by atoms with van der Waals surface area (Å²) in [4.78, 5) is 0. The summed E-state index contributed by atoms with van der Waals surface area (Å²) in [6.07, 6.45) is 1.81. The Morgan fingerprint density at radius 1 is 1.29 bits per heavy atom. The molecule has 6 heteroatoms. The molecule has 0 aromatic heterocycles. The Morgan fingerprint density at radius 2 is 1.86 bits per heavy atom. The summed E-state index contributed by atoms with van der Waals surface area (Å²) in [6, 6.07) is 5.31. The van der Waals surface area contributed by atoms with Crippen molar-refractivity contribution >= 4 is 30.5 Å². The summed E-state index contributed by atoms with van der Waals surface area (Å²) in [5, 5.41) is 10.1. The highest BCUT2D eigenvalue weighted by atomic mass is 35.5. The lowest BCUT2D eigenvalue weighted by Crippen LogP contribution is -2.41. The molecule has 1 aromatic rings. The van der Waals surface area contributed by atoms with Crippen LogP contribution in [0.15, 0.2) is 23.7 Å². The lowest BCUT2D eigenvalue weighted by atomic mass is 9.77. The van der Waals surface area contributed by atoms with E-state index in [1.807, 2.05) is 39.8 Å². The zero-order chi connectivity index (χ0) is 15.8. The molecule has 114 valence electrons. The maximum atomic E-state index is 9.63. The second-order valence-electron chi connectivity index (χ2n) is 6.25. The molecule has 0 spiro atoms. The van der Waals surface area contributed by atoms with E-state index >= 15 is 0 Å². The lowest BCUT2D eigenvalue weighted by molar-refractivity contribution is 0.00578. The van der Waals surface area contributed by atoms with Gasteiger partial charge in [-0.15, -0.1) is 0 Å². The Labute approximate surface area is 131 Å². The van der Waals surface area contributed by atoms with Gasteiger partial charge >= 0.3 is 7.12 Å². The van der Waals surface area contributed by atoms with Crippen LogP contribution in [-0.2, 0) is 9.31 Å². The average Bonchev–Trinajstić information content (AvgIpc) is 2.59. The molecule has 0 amide bonds. The number of hydrogen-bond donors (Lipinski definition) is 2. The topological polar surface area (TPSA) is 64.7 Å². The Hall–Kier alpha value is -1.01. The minimum atomic E-state index is -0.573. The van der Waals surface area contributed by atoms with Crippen molar-refractivity contribution in [3.63, 3.8) is 0 Å². The zero-order valence-corrected chi connectivity index (χ0v) is 13.6. The molecule has 1 heterocycles. The molecule has 2 rings (SSSR count). The molecule has 0 atom stereocenters. The van der Waals surface area contributed by atoms with Crippen LogP contribution < -0.4 is 5.73 Å². The van der Waals surface area contributed by atoms with Crippen molar-refractivity contribution in [2.24, 2.45) is 0 Å². The van der Waals surface area contributed by atoms with Gasteiger partial charge in [0.1, 0.15) is 0 Å². The van der Waals surface area contributed by atoms with Crippen molar-refractivity contribution in [2.45, 2.75) is 38.9 Å². The predicted octanol–water partition coefficient (Wildman–Crippen LogP) is 2.93. The molecule has 1 saturated heterocycles. The van der Waals surface area contributed by atoms with Crippen LogP contribution in [0.5, 0.6) is 0 Å². The van der Waals surface area contributed by atoms with Gasteiger partial charge in [0.15, 0.2) is 0 Å². The van der Waals surface area contributed by atoms with E-state index in [0.29, 0.717) is 16.2 Å². The van der Waals surface area contributed by atoms with Gasteiger partial charge in [-0.1, -0.05) is 23.7 Å². The number of nitrogens with two attached hydrogens (primary N) is 1.